The van der Waals surface area contributed by atoms with Gasteiger partial charge in [0.2, 0.25) is 0 Å². The van der Waals surface area contributed by atoms with E-state index in [-0.39, 0.29) is 6.04 Å². The maximum Gasteiger partial charge on any atom is 0.137 e. The van der Waals surface area contributed by atoms with Gasteiger partial charge in [-0.1, -0.05) is 26.2 Å². The highest BCUT2D eigenvalue weighted by molar-refractivity contribution is 5.26. The fourth-order valence-corrected chi connectivity index (χ4v) is 3.29. The number of nitrogens with two attached hydrogens (primary N) is 1. The molecule has 1 aromatic heterocycles. The van der Waals surface area contributed by atoms with E-state index >= 15 is 0 Å². The third-order valence-electron chi connectivity index (χ3n) is 4.52. The van der Waals surface area contributed by atoms with E-state index in [0.717, 1.165) is 17.2 Å². The maximum absolute atomic E-state index is 5.81. The van der Waals surface area contributed by atoms with Gasteiger partial charge in [0.25, 0.3) is 0 Å². The van der Waals surface area contributed by atoms with Crippen LogP contribution in [0.2, 0.25) is 0 Å². The predicted octanol–water partition coefficient (Wildman–Crippen LogP) is 3.20. The van der Waals surface area contributed by atoms with Gasteiger partial charge >= 0.3 is 0 Å². The van der Waals surface area contributed by atoms with Gasteiger partial charge in [0.15, 0.2) is 0 Å². The van der Waals surface area contributed by atoms with Gasteiger partial charge in [-0.2, -0.15) is 0 Å². The smallest absolute Gasteiger partial charge is 0.137 e. The number of ether oxygens (including phenoxy) is 1. The molecule has 1 aromatic rings. The van der Waals surface area contributed by atoms with Gasteiger partial charge in [-0.25, -0.2) is 0 Å². The van der Waals surface area contributed by atoms with Crippen LogP contribution in [-0.4, -0.2) is 11.6 Å². The van der Waals surface area contributed by atoms with Crippen LogP contribution in [0.15, 0.2) is 18.5 Å². The first-order valence-electron chi connectivity index (χ1n) is 7.82. The van der Waals surface area contributed by atoms with Crippen molar-refractivity contribution in [2.24, 2.45) is 17.7 Å². The number of pyridine rings is 1. The Morgan fingerprint density at radius 1 is 1.30 bits per heavy atom. The first-order valence-corrected chi connectivity index (χ1v) is 7.82. The van der Waals surface area contributed by atoms with Crippen molar-refractivity contribution in [3.05, 3.63) is 24.0 Å². The summed E-state index contributed by atoms with van der Waals surface area (Å²) in [6.45, 7) is 4.93. The molecular weight excluding hydrogens is 250 g/mol. The third-order valence-corrected chi connectivity index (χ3v) is 4.52. The molecule has 4 heteroatoms. The zero-order valence-corrected chi connectivity index (χ0v) is 12.6. The van der Waals surface area contributed by atoms with Crippen molar-refractivity contribution in [3.63, 3.8) is 0 Å². The maximum atomic E-state index is 5.81. The topological polar surface area (TPSA) is 60.2 Å². The molecular formula is C16H27N3O. The molecule has 1 heterocycles. The number of nitrogens with one attached hydrogen (secondary N) is 1. The molecule has 1 aliphatic rings. The van der Waals surface area contributed by atoms with Crippen molar-refractivity contribution in [1.82, 2.24) is 10.4 Å². The van der Waals surface area contributed by atoms with Crippen molar-refractivity contribution < 1.29 is 4.74 Å². The van der Waals surface area contributed by atoms with Gasteiger partial charge in [0.05, 0.1) is 18.8 Å². The minimum atomic E-state index is 0.181. The molecule has 1 fully saturated rings. The second-order valence-electron chi connectivity index (χ2n) is 5.72. The zero-order chi connectivity index (χ0) is 14.4. The summed E-state index contributed by atoms with van der Waals surface area (Å²) in [6.07, 6.45) is 10.1. The van der Waals surface area contributed by atoms with E-state index in [1.807, 2.05) is 13.1 Å². The van der Waals surface area contributed by atoms with Gasteiger partial charge in [0, 0.05) is 6.20 Å². The summed E-state index contributed by atoms with van der Waals surface area (Å²) in [6, 6.07) is 2.24. The molecule has 0 spiro atoms. The second kappa shape index (κ2) is 7.60. The summed E-state index contributed by atoms with van der Waals surface area (Å²) < 4.78 is 5.53. The first kappa shape index (κ1) is 15.3. The highest BCUT2D eigenvalue weighted by atomic mass is 16.5. The molecule has 0 aliphatic heterocycles. The van der Waals surface area contributed by atoms with Crippen LogP contribution < -0.4 is 16.0 Å². The Hall–Kier alpha value is -1.13. The molecule has 3 N–H and O–H groups in total. The minimum absolute atomic E-state index is 0.181. The van der Waals surface area contributed by atoms with E-state index in [1.165, 1.54) is 32.1 Å². The summed E-state index contributed by atoms with van der Waals surface area (Å²) in [4.78, 5) is 4.28. The van der Waals surface area contributed by atoms with E-state index in [9.17, 15) is 0 Å². The second-order valence-corrected chi connectivity index (χ2v) is 5.72. The van der Waals surface area contributed by atoms with Crippen LogP contribution >= 0.6 is 0 Å². The molecule has 0 saturated heterocycles. The number of rotatable bonds is 6. The average molecular weight is 277 g/mol. The summed E-state index contributed by atoms with van der Waals surface area (Å²) in [5, 5.41) is 0. The van der Waals surface area contributed by atoms with E-state index in [0.29, 0.717) is 12.5 Å². The Balaban J connectivity index is 2.06. The Kier molecular flexibility index (Phi) is 5.80. The van der Waals surface area contributed by atoms with Crippen molar-refractivity contribution >= 4 is 0 Å². The summed E-state index contributed by atoms with van der Waals surface area (Å²) >= 11 is 0. The van der Waals surface area contributed by atoms with Crippen molar-refractivity contribution in [2.45, 2.75) is 52.0 Å². The number of hydrazine groups is 1. The number of hydrogen-bond acceptors (Lipinski definition) is 4. The molecule has 1 unspecified atom stereocenters. The Labute approximate surface area is 122 Å². The molecule has 1 atom stereocenters. The molecule has 2 rings (SSSR count). The minimum Gasteiger partial charge on any atom is -0.492 e. The summed E-state index contributed by atoms with van der Waals surface area (Å²) in [5.41, 5.74) is 4.13. The van der Waals surface area contributed by atoms with Crippen LogP contribution in [0, 0.1) is 11.8 Å². The highest BCUT2D eigenvalue weighted by Crippen LogP contribution is 2.37. The van der Waals surface area contributed by atoms with Crippen molar-refractivity contribution in [3.8, 4) is 5.75 Å². The standard InChI is InChI=1S/C16H27N3O/c1-3-12-5-7-13(8-6-12)16(19-17)14-9-15(20-4-2)11-18-10-14/h9-13,16,19H,3-8,17H2,1-2H3. The lowest BCUT2D eigenvalue weighted by atomic mass is 9.76. The Bertz CT molecular complexity index is 402. The largest absolute Gasteiger partial charge is 0.492 e. The monoisotopic (exact) mass is 277 g/mol. The van der Waals surface area contributed by atoms with E-state index < -0.39 is 0 Å². The van der Waals surface area contributed by atoms with Crippen LogP contribution in [0.3, 0.4) is 0 Å². The molecule has 1 aliphatic carbocycles. The first-order chi connectivity index (χ1) is 9.78. The average Bonchev–Trinajstić information content (AvgIpc) is 2.49. The van der Waals surface area contributed by atoms with Crippen LogP contribution in [0.5, 0.6) is 5.75 Å². The van der Waals surface area contributed by atoms with Gasteiger partial charge < -0.3 is 4.74 Å². The lowest BCUT2D eigenvalue weighted by molar-refractivity contribution is 0.219. The molecule has 20 heavy (non-hydrogen) atoms. The van der Waals surface area contributed by atoms with E-state index in [1.54, 1.807) is 6.20 Å². The van der Waals surface area contributed by atoms with Crippen LogP contribution in [0.1, 0.15) is 57.6 Å². The van der Waals surface area contributed by atoms with Gasteiger partial charge in [-0.15, -0.1) is 0 Å². The fraction of sp³-hybridized carbons (Fsp3) is 0.688. The molecule has 4 nitrogen and oxygen atoms in total. The van der Waals surface area contributed by atoms with E-state index in [2.05, 4.69) is 23.4 Å². The molecule has 0 amide bonds. The van der Waals surface area contributed by atoms with Gasteiger partial charge in [0.1, 0.15) is 5.75 Å². The van der Waals surface area contributed by atoms with Crippen LogP contribution in [-0.2, 0) is 0 Å². The fourth-order valence-electron chi connectivity index (χ4n) is 3.29. The van der Waals surface area contributed by atoms with Crippen LogP contribution in [0.25, 0.3) is 0 Å². The van der Waals surface area contributed by atoms with Crippen molar-refractivity contribution in [1.29, 1.82) is 0 Å². The Morgan fingerprint density at radius 2 is 2.05 bits per heavy atom. The lowest BCUT2D eigenvalue weighted by Crippen LogP contribution is -2.35. The van der Waals surface area contributed by atoms with Gasteiger partial charge in [-0.3, -0.25) is 16.3 Å². The molecule has 0 aromatic carbocycles. The Morgan fingerprint density at radius 3 is 2.65 bits per heavy atom. The number of aromatic nitrogens is 1. The summed E-state index contributed by atoms with van der Waals surface area (Å²) in [5.74, 6) is 8.13. The molecule has 0 bridgehead atoms. The van der Waals surface area contributed by atoms with Gasteiger partial charge in [-0.05, 0) is 43.2 Å². The third kappa shape index (κ3) is 3.70. The highest BCUT2D eigenvalue weighted by Gasteiger charge is 2.27. The number of hydrogen-bond donors (Lipinski definition) is 2. The van der Waals surface area contributed by atoms with Crippen molar-refractivity contribution in [2.75, 3.05) is 6.61 Å². The molecule has 0 radical (unpaired) electrons. The number of nitrogens with zero attached hydrogens (tertiary/aromatic N) is 1. The quantitative estimate of drug-likeness (QED) is 0.619. The zero-order valence-electron chi connectivity index (χ0n) is 12.6. The van der Waals surface area contributed by atoms with Crippen LogP contribution in [0.4, 0.5) is 0 Å². The summed E-state index contributed by atoms with van der Waals surface area (Å²) in [7, 11) is 0. The normalized spacial score (nSPS) is 24.4. The molecule has 1 saturated carbocycles. The predicted molar refractivity (Wildman–Crippen MR) is 81.2 cm³/mol. The van der Waals surface area contributed by atoms with E-state index in [4.69, 9.17) is 10.6 Å². The molecule has 112 valence electrons. The lowest BCUT2D eigenvalue weighted by Gasteiger charge is -2.33. The SMILES string of the molecule is CCOc1cncc(C(NN)C2CCC(CC)CC2)c1.